The third-order valence-corrected chi connectivity index (χ3v) is 4.70. The van der Waals surface area contributed by atoms with Gasteiger partial charge in [-0.25, -0.2) is 13.6 Å². The van der Waals surface area contributed by atoms with Crippen molar-refractivity contribution in [1.29, 1.82) is 0 Å². The van der Waals surface area contributed by atoms with Gasteiger partial charge in [0.25, 0.3) is 12.3 Å². The monoisotopic (exact) mass is 410 g/mol. The minimum Gasteiger partial charge on any atom is -0.444 e. The van der Waals surface area contributed by atoms with E-state index in [2.05, 4.69) is 5.32 Å². The first-order chi connectivity index (χ1) is 12.0. The second-order valence-electron chi connectivity index (χ2n) is 6.83. The number of thiophene rings is 1. The summed E-state index contributed by atoms with van der Waals surface area (Å²) in [5.41, 5.74) is -0.689. The van der Waals surface area contributed by atoms with E-state index in [1.54, 1.807) is 32.9 Å². The van der Waals surface area contributed by atoms with Crippen LogP contribution in [0.25, 0.3) is 0 Å². The number of carbonyl (C=O) groups is 2. The fraction of sp³-hybridized carbons (Fsp3) is 0.625. The molecule has 26 heavy (non-hydrogen) atoms. The van der Waals surface area contributed by atoms with E-state index in [9.17, 15) is 18.4 Å². The summed E-state index contributed by atoms with van der Waals surface area (Å²) in [7, 11) is 0. The van der Waals surface area contributed by atoms with Crippen LogP contribution in [0.3, 0.4) is 0 Å². The Morgan fingerprint density at radius 1 is 1.38 bits per heavy atom. The number of amides is 2. The van der Waals surface area contributed by atoms with Gasteiger partial charge in [-0.3, -0.25) is 4.79 Å². The van der Waals surface area contributed by atoms with Crippen molar-refractivity contribution in [3.63, 3.8) is 0 Å². The molecule has 0 bridgehead atoms. The fourth-order valence-corrected chi connectivity index (χ4v) is 3.38. The molecule has 1 aromatic rings. The van der Waals surface area contributed by atoms with Gasteiger partial charge in [0.15, 0.2) is 0 Å². The molecule has 1 aliphatic rings. The van der Waals surface area contributed by atoms with Gasteiger partial charge in [0, 0.05) is 6.54 Å². The number of likely N-dealkylation sites (tertiary alicyclic amines) is 1. The molecule has 0 aromatic carbocycles. The van der Waals surface area contributed by atoms with Crippen molar-refractivity contribution < 1.29 is 27.8 Å². The molecular formula is C16H21ClF2N2O4S. The summed E-state index contributed by atoms with van der Waals surface area (Å²) in [6.45, 7) is 4.57. The van der Waals surface area contributed by atoms with Crippen LogP contribution in [0.4, 0.5) is 13.6 Å². The minimum absolute atomic E-state index is 0.0533. The van der Waals surface area contributed by atoms with E-state index in [1.165, 1.54) is 4.90 Å². The highest BCUT2D eigenvalue weighted by atomic mass is 35.5. The maximum absolute atomic E-state index is 12.5. The summed E-state index contributed by atoms with van der Waals surface area (Å²) in [5.74, 6) is -0.399. The van der Waals surface area contributed by atoms with Crippen molar-refractivity contribution >= 4 is 34.9 Å². The van der Waals surface area contributed by atoms with Gasteiger partial charge in [0.1, 0.15) is 12.2 Å². The SMILES string of the molecule is CC(C)(C)OC(=O)N1C[C@H](NC(=O)c2ccc(Cl)s2)[C@@H](OCC(F)F)C1. The minimum atomic E-state index is -2.64. The lowest BCUT2D eigenvalue weighted by atomic mass is 10.2. The molecule has 1 fully saturated rings. The lowest BCUT2D eigenvalue weighted by Crippen LogP contribution is -2.44. The molecule has 0 radical (unpaired) electrons. The van der Waals surface area contributed by atoms with Gasteiger partial charge in [0.05, 0.1) is 27.9 Å². The van der Waals surface area contributed by atoms with Crippen LogP contribution in [-0.2, 0) is 9.47 Å². The number of alkyl halides is 2. The van der Waals surface area contributed by atoms with Gasteiger partial charge in [-0.15, -0.1) is 11.3 Å². The predicted molar refractivity (Wildman–Crippen MR) is 94.1 cm³/mol. The molecule has 2 amide bonds. The molecule has 1 N–H and O–H groups in total. The Hall–Kier alpha value is -1.45. The second kappa shape index (κ2) is 8.49. The zero-order valence-corrected chi connectivity index (χ0v) is 16.2. The molecule has 0 unspecified atom stereocenters. The summed E-state index contributed by atoms with van der Waals surface area (Å²) in [6, 6.07) is 2.53. The number of halogens is 3. The number of nitrogens with one attached hydrogen (secondary N) is 1. The first-order valence-electron chi connectivity index (χ1n) is 7.99. The van der Waals surface area contributed by atoms with Crippen molar-refractivity contribution in [3.8, 4) is 0 Å². The molecule has 1 aromatic heterocycles. The normalized spacial score (nSPS) is 20.5. The number of nitrogens with zero attached hydrogens (tertiary/aromatic N) is 1. The molecule has 0 spiro atoms. The molecular weight excluding hydrogens is 390 g/mol. The third kappa shape index (κ3) is 6.07. The van der Waals surface area contributed by atoms with Crippen molar-refractivity contribution in [3.05, 3.63) is 21.3 Å². The van der Waals surface area contributed by atoms with Crippen LogP contribution in [-0.4, -0.2) is 60.8 Å². The Balaban J connectivity index is 2.04. The Bertz CT molecular complexity index is 650. The number of carbonyl (C=O) groups excluding carboxylic acids is 2. The van der Waals surface area contributed by atoms with Crippen molar-refractivity contribution in [2.45, 2.75) is 44.9 Å². The van der Waals surface area contributed by atoms with Crippen LogP contribution >= 0.6 is 22.9 Å². The van der Waals surface area contributed by atoms with Crippen molar-refractivity contribution in [2.24, 2.45) is 0 Å². The molecule has 0 aliphatic carbocycles. The average molecular weight is 411 g/mol. The molecule has 10 heteroatoms. The summed E-state index contributed by atoms with van der Waals surface area (Å²) in [6.07, 6.45) is -3.98. The Morgan fingerprint density at radius 3 is 2.62 bits per heavy atom. The topological polar surface area (TPSA) is 67.9 Å². The van der Waals surface area contributed by atoms with Gasteiger partial charge < -0.3 is 19.7 Å². The second-order valence-corrected chi connectivity index (χ2v) is 8.55. The third-order valence-electron chi connectivity index (χ3n) is 3.47. The van der Waals surface area contributed by atoms with Gasteiger partial charge in [-0.1, -0.05) is 11.6 Å². The average Bonchev–Trinajstić information content (AvgIpc) is 3.10. The predicted octanol–water partition coefficient (Wildman–Crippen LogP) is 3.40. The van der Waals surface area contributed by atoms with Crippen LogP contribution in [0.15, 0.2) is 12.1 Å². The van der Waals surface area contributed by atoms with E-state index in [0.717, 1.165) is 11.3 Å². The molecule has 2 atom stereocenters. The maximum Gasteiger partial charge on any atom is 0.410 e. The number of rotatable bonds is 5. The summed E-state index contributed by atoms with van der Waals surface area (Å²) < 4.78 is 35.9. The molecule has 146 valence electrons. The lowest BCUT2D eigenvalue weighted by Gasteiger charge is -2.24. The van der Waals surface area contributed by atoms with Crippen LogP contribution in [0.2, 0.25) is 4.34 Å². The van der Waals surface area contributed by atoms with E-state index >= 15 is 0 Å². The van der Waals surface area contributed by atoms with Crippen LogP contribution in [0.5, 0.6) is 0 Å². The van der Waals surface area contributed by atoms with E-state index in [4.69, 9.17) is 21.1 Å². The van der Waals surface area contributed by atoms with Crippen molar-refractivity contribution in [1.82, 2.24) is 10.2 Å². The highest BCUT2D eigenvalue weighted by molar-refractivity contribution is 7.18. The maximum atomic E-state index is 12.5. The number of hydrogen-bond acceptors (Lipinski definition) is 5. The van der Waals surface area contributed by atoms with Crippen LogP contribution in [0, 0.1) is 0 Å². The summed E-state index contributed by atoms with van der Waals surface area (Å²) in [4.78, 5) is 26.3. The fourth-order valence-electron chi connectivity index (χ4n) is 2.43. The first-order valence-corrected chi connectivity index (χ1v) is 9.18. The van der Waals surface area contributed by atoms with Gasteiger partial charge in [-0.05, 0) is 32.9 Å². The molecule has 0 saturated carbocycles. The standard InChI is InChI=1S/C16H21ClF2N2O4S/c1-16(2,3)25-15(23)21-6-9(10(7-21)24-8-13(18)19)20-14(22)11-4-5-12(17)26-11/h4-5,9-10,13H,6-8H2,1-3H3,(H,20,22)/t9-,10-/m0/s1. The Kier molecular flexibility index (Phi) is 6.81. The molecule has 2 heterocycles. The van der Waals surface area contributed by atoms with E-state index < -0.39 is 42.8 Å². The van der Waals surface area contributed by atoms with Crippen LogP contribution in [0.1, 0.15) is 30.4 Å². The van der Waals surface area contributed by atoms with E-state index in [1.807, 2.05) is 0 Å². The highest BCUT2D eigenvalue weighted by Crippen LogP contribution is 2.23. The first kappa shape index (κ1) is 20.9. The number of ether oxygens (including phenoxy) is 2. The van der Waals surface area contributed by atoms with Crippen LogP contribution < -0.4 is 5.32 Å². The molecule has 2 rings (SSSR count). The zero-order valence-electron chi connectivity index (χ0n) is 14.6. The van der Waals surface area contributed by atoms with Gasteiger partial charge >= 0.3 is 6.09 Å². The molecule has 1 aliphatic heterocycles. The summed E-state index contributed by atoms with van der Waals surface area (Å²) >= 11 is 6.92. The highest BCUT2D eigenvalue weighted by Gasteiger charge is 2.39. The largest absolute Gasteiger partial charge is 0.444 e. The quantitative estimate of drug-likeness (QED) is 0.807. The Labute approximate surface area is 159 Å². The Morgan fingerprint density at radius 2 is 2.08 bits per heavy atom. The van der Waals surface area contributed by atoms with Gasteiger partial charge in [0.2, 0.25) is 0 Å². The van der Waals surface area contributed by atoms with E-state index in [0.29, 0.717) is 9.21 Å². The van der Waals surface area contributed by atoms with Crippen molar-refractivity contribution in [2.75, 3.05) is 19.7 Å². The molecule has 1 saturated heterocycles. The summed E-state index contributed by atoms with van der Waals surface area (Å²) in [5, 5.41) is 2.72. The number of hydrogen-bond donors (Lipinski definition) is 1. The van der Waals surface area contributed by atoms with Gasteiger partial charge in [-0.2, -0.15) is 0 Å². The van der Waals surface area contributed by atoms with E-state index in [-0.39, 0.29) is 13.1 Å². The molecule has 6 nitrogen and oxygen atoms in total. The smallest absolute Gasteiger partial charge is 0.410 e. The zero-order chi connectivity index (χ0) is 19.5. The lowest BCUT2D eigenvalue weighted by molar-refractivity contribution is -0.0280.